The third kappa shape index (κ3) is 7.99. The van der Waals surface area contributed by atoms with Crippen LogP contribution in [-0.4, -0.2) is 56.0 Å². The lowest BCUT2D eigenvalue weighted by Crippen LogP contribution is -2.43. The molecule has 0 aromatic heterocycles. The zero-order valence-electron chi connectivity index (χ0n) is 17.2. The summed E-state index contributed by atoms with van der Waals surface area (Å²) in [7, 11) is 1.71. The molecule has 0 saturated heterocycles. The Labute approximate surface area is 184 Å². The normalized spacial score (nSPS) is 12.8. The molecule has 0 unspecified atom stereocenters. The Morgan fingerprint density at radius 2 is 1.96 bits per heavy atom. The van der Waals surface area contributed by atoms with Gasteiger partial charge in [-0.3, -0.25) is 0 Å². The molecule has 28 heavy (non-hydrogen) atoms. The van der Waals surface area contributed by atoms with Crippen molar-refractivity contribution in [2.75, 3.05) is 33.5 Å². The van der Waals surface area contributed by atoms with Crippen LogP contribution in [0, 0.1) is 0 Å². The van der Waals surface area contributed by atoms with Crippen LogP contribution in [0.4, 0.5) is 4.79 Å². The van der Waals surface area contributed by atoms with E-state index in [2.05, 4.69) is 15.6 Å². The van der Waals surface area contributed by atoms with Gasteiger partial charge in [-0.25, -0.2) is 9.79 Å². The molecule has 0 fully saturated rings. The van der Waals surface area contributed by atoms with Gasteiger partial charge >= 0.3 is 6.09 Å². The van der Waals surface area contributed by atoms with E-state index in [1.165, 1.54) is 0 Å². The maximum atomic E-state index is 12.0. The SMILES string of the molecule is CCNC(=NCc1ccc2c(c1)OCO2)NCCN(C)C(=O)OC(C)(C)C.I. The number of halogens is 1. The Hall–Kier alpha value is -1.91. The third-order valence-corrected chi connectivity index (χ3v) is 3.65. The summed E-state index contributed by atoms with van der Waals surface area (Å²) in [6.07, 6.45) is -0.341. The number of amides is 1. The average molecular weight is 506 g/mol. The van der Waals surface area contributed by atoms with Gasteiger partial charge in [0.2, 0.25) is 6.79 Å². The Morgan fingerprint density at radius 1 is 1.25 bits per heavy atom. The maximum Gasteiger partial charge on any atom is 0.410 e. The molecule has 0 radical (unpaired) electrons. The van der Waals surface area contributed by atoms with Gasteiger partial charge in [0.05, 0.1) is 6.54 Å². The standard InChI is InChI=1S/C19H30N4O4.HI/c1-6-20-17(21-9-10-23(5)18(24)27-19(2,3)4)22-12-14-7-8-15-16(11-14)26-13-25-15;/h7-8,11H,6,9-10,12-13H2,1-5H3,(H2,20,21,22);1H. The number of carbonyl (C=O) groups is 1. The highest BCUT2D eigenvalue weighted by Crippen LogP contribution is 2.32. The Balaban J connectivity index is 0.00000392. The van der Waals surface area contributed by atoms with E-state index in [9.17, 15) is 4.79 Å². The van der Waals surface area contributed by atoms with Gasteiger partial charge in [-0.15, -0.1) is 24.0 Å². The quantitative estimate of drug-likeness (QED) is 0.351. The van der Waals surface area contributed by atoms with Crippen molar-refractivity contribution in [3.05, 3.63) is 23.8 Å². The molecule has 2 N–H and O–H groups in total. The molecule has 0 saturated carbocycles. The van der Waals surface area contributed by atoms with Crippen molar-refractivity contribution in [2.45, 2.75) is 39.8 Å². The second-order valence-electron chi connectivity index (χ2n) is 7.21. The zero-order valence-corrected chi connectivity index (χ0v) is 19.5. The van der Waals surface area contributed by atoms with Crippen molar-refractivity contribution in [3.63, 3.8) is 0 Å². The minimum Gasteiger partial charge on any atom is -0.454 e. The van der Waals surface area contributed by atoms with Crippen LogP contribution >= 0.6 is 24.0 Å². The average Bonchev–Trinajstić information content (AvgIpc) is 3.05. The molecule has 2 rings (SSSR count). The summed E-state index contributed by atoms with van der Waals surface area (Å²) in [6, 6.07) is 5.80. The first-order valence-electron chi connectivity index (χ1n) is 9.13. The van der Waals surface area contributed by atoms with Crippen LogP contribution in [0.15, 0.2) is 23.2 Å². The number of rotatable bonds is 6. The fourth-order valence-electron chi connectivity index (χ4n) is 2.32. The number of hydrogen-bond acceptors (Lipinski definition) is 5. The van der Waals surface area contributed by atoms with Crippen molar-refractivity contribution in [2.24, 2.45) is 4.99 Å². The second kappa shape index (κ2) is 11.2. The Kier molecular flexibility index (Phi) is 9.63. The predicted molar refractivity (Wildman–Crippen MR) is 120 cm³/mol. The largest absolute Gasteiger partial charge is 0.454 e. The van der Waals surface area contributed by atoms with Crippen molar-refractivity contribution < 1.29 is 19.0 Å². The molecule has 1 amide bonds. The van der Waals surface area contributed by atoms with E-state index in [-0.39, 0.29) is 36.9 Å². The Bertz CT molecular complexity index is 676. The highest BCUT2D eigenvalue weighted by molar-refractivity contribution is 14.0. The summed E-state index contributed by atoms with van der Waals surface area (Å²) in [5.74, 6) is 2.20. The minimum absolute atomic E-state index is 0. The number of guanidine groups is 1. The number of ether oxygens (including phenoxy) is 3. The zero-order chi connectivity index (χ0) is 19.9. The van der Waals surface area contributed by atoms with Gasteiger partial charge in [0.15, 0.2) is 17.5 Å². The van der Waals surface area contributed by atoms with Gasteiger partial charge in [0.25, 0.3) is 0 Å². The summed E-state index contributed by atoms with van der Waals surface area (Å²) >= 11 is 0. The lowest BCUT2D eigenvalue weighted by atomic mass is 10.2. The van der Waals surface area contributed by atoms with Crippen LogP contribution in [0.5, 0.6) is 11.5 Å². The van der Waals surface area contributed by atoms with Gasteiger partial charge in [-0.05, 0) is 45.4 Å². The first kappa shape index (κ1) is 24.1. The van der Waals surface area contributed by atoms with Crippen molar-refractivity contribution in [3.8, 4) is 11.5 Å². The number of likely N-dealkylation sites (N-methyl/N-ethyl adjacent to an activating group) is 1. The highest BCUT2D eigenvalue weighted by atomic mass is 127. The highest BCUT2D eigenvalue weighted by Gasteiger charge is 2.19. The molecule has 9 heteroatoms. The summed E-state index contributed by atoms with van der Waals surface area (Å²) in [5, 5.41) is 6.42. The van der Waals surface area contributed by atoms with Crippen LogP contribution in [0.2, 0.25) is 0 Å². The molecule has 1 aliphatic heterocycles. The van der Waals surface area contributed by atoms with Crippen molar-refractivity contribution in [1.29, 1.82) is 0 Å². The van der Waals surface area contributed by atoms with Gasteiger partial charge in [0, 0.05) is 26.7 Å². The third-order valence-electron chi connectivity index (χ3n) is 3.65. The van der Waals surface area contributed by atoms with Gasteiger partial charge in [-0.1, -0.05) is 6.07 Å². The molecule has 8 nitrogen and oxygen atoms in total. The number of hydrogen-bond donors (Lipinski definition) is 2. The molecule has 0 atom stereocenters. The molecule has 1 aromatic rings. The summed E-state index contributed by atoms with van der Waals surface area (Å²) < 4.78 is 16.0. The number of fused-ring (bicyclic) bond motifs is 1. The van der Waals surface area contributed by atoms with E-state index in [1.807, 2.05) is 45.9 Å². The van der Waals surface area contributed by atoms with Gasteiger partial charge in [-0.2, -0.15) is 0 Å². The number of aliphatic imine (C=N–C) groups is 1. The van der Waals surface area contributed by atoms with Crippen molar-refractivity contribution in [1.82, 2.24) is 15.5 Å². The van der Waals surface area contributed by atoms with Crippen molar-refractivity contribution >= 4 is 36.0 Å². The lowest BCUT2D eigenvalue weighted by molar-refractivity contribution is 0.0302. The van der Waals surface area contributed by atoms with E-state index in [0.717, 1.165) is 23.6 Å². The number of nitrogens with one attached hydrogen (secondary N) is 2. The Morgan fingerprint density at radius 3 is 2.64 bits per heavy atom. The van der Waals surface area contributed by atoms with Crippen LogP contribution in [0.3, 0.4) is 0 Å². The topological polar surface area (TPSA) is 84.4 Å². The molecule has 0 aliphatic carbocycles. The summed E-state index contributed by atoms with van der Waals surface area (Å²) in [4.78, 5) is 18.1. The molecular formula is C19H31IN4O4. The monoisotopic (exact) mass is 506 g/mol. The number of benzene rings is 1. The number of nitrogens with zero attached hydrogens (tertiary/aromatic N) is 2. The van der Waals surface area contributed by atoms with Crippen LogP contribution in [-0.2, 0) is 11.3 Å². The fourth-order valence-corrected chi connectivity index (χ4v) is 2.32. The van der Waals surface area contributed by atoms with Crippen LogP contribution in [0.25, 0.3) is 0 Å². The van der Waals surface area contributed by atoms with Crippen LogP contribution < -0.4 is 20.1 Å². The molecule has 1 heterocycles. The van der Waals surface area contributed by atoms with E-state index < -0.39 is 5.60 Å². The molecule has 158 valence electrons. The number of carbonyl (C=O) groups excluding carboxylic acids is 1. The predicted octanol–water partition coefficient (Wildman–Crippen LogP) is 2.96. The molecule has 1 aromatic carbocycles. The minimum atomic E-state index is -0.500. The molecule has 0 spiro atoms. The van der Waals surface area contributed by atoms with Crippen LogP contribution in [0.1, 0.15) is 33.3 Å². The summed E-state index contributed by atoms with van der Waals surface area (Å²) in [6.45, 7) is 10.1. The van der Waals surface area contributed by atoms with E-state index in [4.69, 9.17) is 14.2 Å². The van der Waals surface area contributed by atoms with E-state index >= 15 is 0 Å². The first-order valence-corrected chi connectivity index (χ1v) is 9.13. The smallest absolute Gasteiger partial charge is 0.410 e. The molecule has 1 aliphatic rings. The first-order chi connectivity index (χ1) is 12.8. The summed E-state index contributed by atoms with van der Waals surface area (Å²) in [5.41, 5.74) is 0.530. The second-order valence-corrected chi connectivity index (χ2v) is 7.21. The maximum absolute atomic E-state index is 12.0. The lowest BCUT2D eigenvalue weighted by Gasteiger charge is -2.24. The van der Waals surface area contributed by atoms with Gasteiger partial charge in [0.1, 0.15) is 5.60 Å². The molecule has 0 bridgehead atoms. The molecular weight excluding hydrogens is 475 g/mol. The van der Waals surface area contributed by atoms with Gasteiger partial charge < -0.3 is 29.7 Å². The fraction of sp³-hybridized carbons (Fsp3) is 0.579. The van der Waals surface area contributed by atoms with E-state index in [1.54, 1.807) is 11.9 Å². The van der Waals surface area contributed by atoms with E-state index in [0.29, 0.717) is 25.6 Å².